The number of carbonyl (C=O) groups is 2. The molecule has 0 saturated carbocycles. The fourth-order valence-corrected chi connectivity index (χ4v) is 8.14. The molecule has 0 spiro atoms. The van der Waals surface area contributed by atoms with E-state index in [-0.39, 0.29) is 24.9 Å². The highest BCUT2D eigenvalue weighted by atomic mass is 16.5. The van der Waals surface area contributed by atoms with E-state index in [1.165, 1.54) is 186 Å². The van der Waals surface area contributed by atoms with Crippen LogP contribution in [0.2, 0.25) is 0 Å². The first-order valence-electron chi connectivity index (χ1n) is 25.9. The van der Waals surface area contributed by atoms with E-state index in [2.05, 4.69) is 38.2 Å². The predicted molar refractivity (Wildman–Crippen MR) is 250 cm³/mol. The Morgan fingerprint density at radius 2 is 0.845 bits per heavy atom. The monoisotopic (exact) mass is 820 g/mol. The number of aliphatic hydroxyl groups is 2. The van der Waals surface area contributed by atoms with Gasteiger partial charge in [-0.2, -0.15) is 0 Å². The van der Waals surface area contributed by atoms with E-state index in [4.69, 9.17) is 4.74 Å². The van der Waals surface area contributed by atoms with Gasteiger partial charge in [0.2, 0.25) is 5.91 Å². The zero-order valence-electron chi connectivity index (χ0n) is 39.2. The lowest BCUT2D eigenvalue weighted by Crippen LogP contribution is -2.46. The maximum atomic E-state index is 13.2. The Labute approximate surface area is 361 Å². The van der Waals surface area contributed by atoms with Gasteiger partial charge in [0.05, 0.1) is 25.2 Å². The number of amides is 1. The molecule has 0 aromatic heterocycles. The Balaban J connectivity index is 4.53. The van der Waals surface area contributed by atoms with Crippen molar-refractivity contribution in [2.45, 2.75) is 302 Å². The Bertz CT molecular complexity index is 878. The van der Waals surface area contributed by atoms with E-state index in [0.29, 0.717) is 19.3 Å². The number of rotatable bonds is 47. The van der Waals surface area contributed by atoms with Gasteiger partial charge in [-0.3, -0.25) is 9.59 Å². The van der Waals surface area contributed by atoms with Crippen molar-refractivity contribution in [3.8, 4) is 0 Å². The first-order valence-corrected chi connectivity index (χ1v) is 25.9. The zero-order valence-corrected chi connectivity index (χ0v) is 39.2. The molecule has 0 saturated heterocycles. The third-order valence-electron chi connectivity index (χ3n) is 12.1. The normalized spacial score (nSPS) is 13.3. The van der Waals surface area contributed by atoms with Crippen LogP contribution in [-0.2, 0) is 14.3 Å². The molecule has 0 radical (unpaired) electrons. The topological polar surface area (TPSA) is 95.9 Å². The maximum absolute atomic E-state index is 13.2. The summed E-state index contributed by atoms with van der Waals surface area (Å²) in [5.74, 6) is -0.486. The number of hydrogen-bond acceptors (Lipinski definition) is 5. The van der Waals surface area contributed by atoms with Crippen LogP contribution >= 0.6 is 0 Å². The van der Waals surface area contributed by atoms with Gasteiger partial charge in [-0.1, -0.05) is 238 Å². The number of allylic oxidation sites excluding steroid dienone is 2. The van der Waals surface area contributed by atoms with Crippen LogP contribution in [0.1, 0.15) is 284 Å². The Hall–Kier alpha value is -1.40. The first-order chi connectivity index (χ1) is 28.5. The molecular weight excluding hydrogens is 719 g/mol. The highest BCUT2D eigenvalue weighted by Gasteiger charge is 2.24. The molecule has 6 heteroatoms. The van der Waals surface area contributed by atoms with E-state index >= 15 is 0 Å². The summed E-state index contributed by atoms with van der Waals surface area (Å²) in [7, 11) is 0. The van der Waals surface area contributed by atoms with Gasteiger partial charge in [-0.15, -0.1) is 0 Å². The lowest BCUT2D eigenvalue weighted by Gasteiger charge is -2.24. The molecule has 3 unspecified atom stereocenters. The molecule has 6 nitrogen and oxygen atoms in total. The van der Waals surface area contributed by atoms with E-state index in [1.54, 1.807) is 0 Å². The number of aliphatic hydroxyl groups excluding tert-OH is 2. The van der Waals surface area contributed by atoms with Gasteiger partial charge in [0.1, 0.15) is 6.10 Å². The van der Waals surface area contributed by atoms with Crippen LogP contribution in [0.3, 0.4) is 0 Å². The maximum Gasteiger partial charge on any atom is 0.306 e. The lowest BCUT2D eigenvalue weighted by atomic mass is 10.0. The van der Waals surface area contributed by atoms with Crippen LogP contribution in [-0.4, -0.2) is 46.9 Å². The molecule has 344 valence electrons. The summed E-state index contributed by atoms with van der Waals surface area (Å²) < 4.78 is 5.92. The molecule has 3 atom stereocenters. The fraction of sp³-hybridized carbons (Fsp3) is 0.923. The molecule has 0 rings (SSSR count). The fourth-order valence-electron chi connectivity index (χ4n) is 8.14. The Kier molecular flexibility index (Phi) is 45.5. The third kappa shape index (κ3) is 41.3. The second kappa shape index (κ2) is 46.7. The van der Waals surface area contributed by atoms with Crippen LogP contribution in [0, 0.1) is 0 Å². The zero-order chi connectivity index (χ0) is 42.4. The average Bonchev–Trinajstić information content (AvgIpc) is 3.22. The van der Waals surface area contributed by atoms with Crippen molar-refractivity contribution in [3.63, 3.8) is 0 Å². The quantitative estimate of drug-likeness (QED) is 0.0323. The van der Waals surface area contributed by atoms with Crippen LogP contribution in [0.15, 0.2) is 12.2 Å². The highest BCUT2D eigenvalue weighted by Crippen LogP contribution is 2.18. The Morgan fingerprint density at radius 3 is 1.26 bits per heavy atom. The van der Waals surface area contributed by atoms with Crippen molar-refractivity contribution < 1.29 is 24.5 Å². The van der Waals surface area contributed by atoms with Gasteiger partial charge < -0.3 is 20.3 Å². The standard InChI is InChI=1S/C52H101NO5/c1-4-7-10-13-16-19-22-24-25-26-27-30-33-36-39-42-45-52(57)58-48(43-40-37-34-31-29-23-20-17-14-11-8-5-2)46-51(56)53-49(47-54)50(55)44-41-38-35-32-28-21-18-15-12-9-6-3/h31,34,48-50,54-55H,4-30,32-33,35-47H2,1-3H3,(H,53,56)/b34-31-. The van der Waals surface area contributed by atoms with Crippen LogP contribution in [0.5, 0.6) is 0 Å². The first kappa shape index (κ1) is 56.6. The largest absolute Gasteiger partial charge is 0.462 e. The van der Waals surface area contributed by atoms with Crippen molar-refractivity contribution in [1.29, 1.82) is 0 Å². The van der Waals surface area contributed by atoms with E-state index < -0.39 is 18.2 Å². The van der Waals surface area contributed by atoms with E-state index in [9.17, 15) is 19.8 Å². The van der Waals surface area contributed by atoms with Gasteiger partial charge in [0.25, 0.3) is 0 Å². The van der Waals surface area contributed by atoms with Crippen molar-refractivity contribution in [3.05, 3.63) is 12.2 Å². The predicted octanol–water partition coefficient (Wildman–Crippen LogP) is 15.3. The molecule has 0 aromatic carbocycles. The minimum atomic E-state index is -0.787. The smallest absolute Gasteiger partial charge is 0.306 e. The molecule has 0 aromatic rings. The van der Waals surface area contributed by atoms with Gasteiger partial charge >= 0.3 is 5.97 Å². The Morgan fingerprint density at radius 1 is 0.483 bits per heavy atom. The SMILES string of the molecule is CCCCCCCCC/C=C\CCCC(CC(=O)NC(CO)C(O)CCCCCCCCCCCCC)OC(=O)CCCCCCCCCCCCCCCCCC. The summed E-state index contributed by atoms with van der Waals surface area (Å²) in [5, 5.41) is 23.7. The minimum absolute atomic E-state index is 0.0636. The summed E-state index contributed by atoms with van der Waals surface area (Å²) in [5.41, 5.74) is 0. The average molecular weight is 820 g/mol. The molecule has 58 heavy (non-hydrogen) atoms. The van der Waals surface area contributed by atoms with Gasteiger partial charge in [0, 0.05) is 6.42 Å². The third-order valence-corrected chi connectivity index (χ3v) is 12.1. The summed E-state index contributed by atoms with van der Waals surface area (Å²) in [6, 6.07) is -0.702. The molecule has 0 aliphatic carbocycles. The van der Waals surface area contributed by atoms with Crippen LogP contribution in [0.25, 0.3) is 0 Å². The minimum Gasteiger partial charge on any atom is -0.462 e. The summed E-state index contributed by atoms with van der Waals surface area (Å²) >= 11 is 0. The van der Waals surface area contributed by atoms with E-state index in [1.807, 2.05) is 0 Å². The number of nitrogens with one attached hydrogen (secondary N) is 1. The number of unbranched alkanes of at least 4 members (excludes halogenated alkanes) is 33. The lowest BCUT2D eigenvalue weighted by molar-refractivity contribution is -0.151. The number of esters is 1. The molecule has 1 amide bonds. The van der Waals surface area contributed by atoms with E-state index in [0.717, 1.165) is 51.4 Å². The summed E-state index contributed by atoms with van der Waals surface area (Å²) in [6.07, 6.45) is 51.3. The van der Waals surface area contributed by atoms with Crippen molar-refractivity contribution in [2.24, 2.45) is 0 Å². The van der Waals surface area contributed by atoms with Crippen LogP contribution in [0.4, 0.5) is 0 Å². The molecule has 0 aliphatic rings. The van der Waals surface area contributed by atoms with Crippen molar-refractivity contribution >= 4 is 11.9 Å². The molecule has 3 N–H and O–H groups in total. The molecule has 0 bridgehead atoms. The second-order valence-corrected chi connectivity index (χ2v) is 17.9. The molecule has 0 fully saturated rings. The molecular formula is C52H101NO5. The van der Waals surface area contributed by atoms with Gasteiger partial charge in [0.15, 0.2) is 0 Å². The number of hydrogen-bond donors (Lipinski definition) is 3. The van der Waals surface area contributed by atoms with Crippen LogP contribution < -0.4 is 5.32 Å². The molecule has 0 aliphatic heterocycles. The molecule has 0 heterocycles. The second-order valence-electron chi connectivity index (χ2n) is 17.9. The number of ether oxygens (including phenoxy) is 1. The summed E-state index contributed by atoms with van der Waals surface area (Å²) in [6.45, 7) is 6.48. The van der Waals surface area contributed by atoms with Crippen molar-refractivity contribution in [2.75, 3.05) is 6.61 Å². The van der Waals surface area contributed by atoms with Gasteiger partial charge in [-0.05, 0) is 44.9 Å². The van der Waals surface area contributed by atoms with Gasteiger partial charge in [-0.25, -0.2) is 0 Å². The summed E-state index contributed by atoms with van der Waals surface area (Å²) in [4.78, 5) is 26.1. The number of carbonyl (C=O) groups excluding carboxylic acids is 2. The van der Waals surface area contributed by atoms with Crippen molar-refractivity contribution in [1.82, 2.24) is 5.32 Å². The highest BCUT2D eigenvalue weighted by molar-refractivity contribution is 5.77.